The molecule has 0 amide bonds. The second-order valence-corrected chi connectivity index (χ2v) is 5.67. The zero-order valence-electron chi connectivity index (χ0n) is 10.0. The van der Waals surface area contributed by atoms with E-state index in [0.717, 1.165) is 6.42 Å². The van der Waals surface area contributed by atoms with E-state index in [4.69, 9.17) is 24.9 Å². The monoisotopic (exact) mass is 255 g/mol. The molecule has 1 N–H and O–H groups in total. The van der Waals surface area contributed by atoms with Gasteiger partial charge in [-0.1, -0.05) is 6.92 Å². The molecule has 0 heterocycles. The average molecular weight is 256 g/mol. The van der Waals surface area contributed by atoms with Crippen molar-refractivity contribution in [2.24, 2.45) is 0 Å². The Labute approximate surface area is 98.7 Å². The maximum absolute atomic E-state index is 6.04. The fraction of sp³-hybridized carbons (Fsp3) is 1.00. The van der Waals surface area contributed by atoms with Gasteiger partial charge in [0.25, 0.3) is 0 Å². The summed E-state index contributed by atoms with van der Waals surface area (Å²) in [5.74, 6) is 0. The molecular formula is C9H22ClNO3Si. The zero-order valence-corrected chi connectivity index (χ0v) is 11.8. The van der Waals surface area contributed by atoms with Crippen LogP contribution >= 0.6 is 11.6 Å². The molecule has 0 bridgehead atoms. The van der Waals surface area contributed by atoms with E-state index in [1.165, 1.54) is 0 Å². The van der Waals surface area contributed by atoms with Gasteiger partial charge in [0, 0.05) is 19.8 Å². The minimum absolute atomic E-state index is 0.179. The fourth-order valence-corrected chi connectivity index (χ4v) is 3.74. The second-order valence-electron chi connectivity index (χ2n) is 2.88. The highest BCUT2D eigenvalue weighted by Gasteiger charge is 2.43. The largest absolute Gasteiger partial charge is 0.597 e. The van der Waals surface area contributed by atoms with E-state index in [1.807, 2.05) is 27.7 Å². The van der Waals surface area contributed by atoms with Crippen LogP contribution in [-0.4, -0.2) is 34.3 Å². The van der Waals surface area contributed by atoms with Crippen molar-refractivity contribution in [3.63, 3.8) is 0 Å². The summed E-state index contributed by atoms with van der Waals surface area (Å²) in [7, 11) is -2.76. The third-order valence-electron chi connectivity index (χ3n) is 1.69. The van der Waals surface area contributed by atoms with Crippen molar-refractivity contribution in [3.05, 3.63) is 0 Å². The quantitative estimate of drug-likeness (QED) is 0.389. The summed E-state index contributed by atoms with van der Waals surface area (Å²) in [6, 6.07) is 0. The van der Waals surface area contributed by atoms with E-state index in [9.17, 15) is 0 Å². The third kappa shape index (κ3) is 5.84. The molecule has 0 aliphatic carbocycles. The first-order valence-electron chi connectivity index (χ1n) is 5.47. The van der Waals surface area contributed by atoms with Crippen LogP contribution in [-0.2, 0) is 13.3 Å². The average Bonchev–Trinajstić information content (AvgIpc) is 2.18. The van der Waals surface area contributed by atoms with E-state index in [-0.39, 0.29) is 5.50 Å². The zero-order chi connectivity index (χ0) is 11.7. The maximum Gasteiger partial charge on any atom is 0.597 e. The fourth-order valence-electron chi connectivity index (χ4n) is 1.11. The van der Waals surface area contributed by atoms with Gasteiger partial charge in [0.05, 0.1) is 5.50 Å². The van der Waals surface area contributed by atoms with Crippen LogP contribution in [0.5, 0.6) is 0 Å². The lowest BCUT2D eigenvalue weighted by Crippen LogP contribution is -2.61. The minimum atomic E-state index is -2.76. The standard InChI is InChI=1S/C9H22ClNO3Si/c1-5-9(10)11-15(12-6-2,13-7-3)14-8-4/h9,11H,5-8H2,1-4H3. The van der Waals surface area contributed by atoms with Crippen LogP contribution in [0.15, 0.2) is 0 Å². The van der Waals surface area contributed by atoms with Crippen LogP contribution in [0.4, 0.5) is 0 Å². The van der Waals surface area contributed by atoms with Gasteiger partial charge in [-0.3, -0.25) is 4.98 Å². The topological polar surface area (TPSA) is 39.7 Å². The second kappa shape index (κ2) is 8.49. The van der Waals surface area contributed by atoms with Gasteiger partial charge in [0.15, 0.2) is 0 Å². The highest BCUT2D eigenvalue weighted by Crippen LogP contribution is 2.10. The van der Waals surface area contributed by atoms with E-state index in [1.54, 1.807) is 0 Å². The molecule has 0 fully saturated rings. The van der Waals surface area contributed by atoms with E-state index < -0.39 is 8.97 Å². The molecule has 6 heteroatoms. The molecule has 92 valence electrons. The summed E-state index contributed by atoms with van der Waals surface area (Å²) >= 11 is 6.04. The molecular weight excluding hydrogens is 234 g/mol. The van der Waals surface area contributed by atoms with E-state index >= 15 is 0 Å². The molecule has 1 atom stereocenters. The summed E-state index contributed by atoms with van der Waals surface area (Å²) < 4.78 is 16.7. The number of hydrogen-bond donors (Lipinski definition) is 1. The highest BCUT2D eigenvalue weighted by molar-refractivity contribution is 6.58. The van der Waals surface area contributed by atoms with Crippen molar-refractivity contribution in [1.29, 1.82) is 0 Å². The summed E-state index contributed by atoms with van der Waals surface area (Å²) in [5, 5.41) is 0. The van der Waals surface area contributed by atoms with Gasteiger partial charge in [-0.05, 0) is 27.2 Å². The van der Waals surface area contributed by atoms with Gasteiger partial charge in [-0.15, -0.1) is 11.6 Å². The number of nitrogens with one attached hydrogen (secondary N) is 1. The molecule has 0 aliphatic rings. The molecule has 0 aromatic heterocycles. The van der Waals surface area contributed by atoms with Crippen LogP contribution in [0.3, 0.4) is 0 Å². The van der Waals surface area contributed by atoms with Crippen LogP contribution in [0, 0.1) is 0 Å². The summed E-state index contributed by atoms with van der Waals surface area (Å²) in [5.41, 5.74) is -0.179. The molecule has 0 aromatic rings. The van der Waals surface area contributed by atoms with Crippen LogP contribution in [0.25, 0.3) is 0 Å². The predicted molar refractivity (Wildman–Crippen MR) is 63.7 cm³/mol. The van der Waals surface area contributed by atoms with Crippen molar-refractivity contribution in [2.75, 3.05) is 19.8 Å². The number of alkyl halides is 1. The SMILES string of the molecule is CCO[Si](NC(Cl)CC)(OCC)OCC. The first-order valence-corrected chi connectivity index (χ1v) is 7.63. The molecule has 0 spiro atoms. The summed E-state index contributed by atoms with van der Waals surface area (Å²) in [6.45, 7) is 9.38. The number of rotatable bonds is 9. The number of hydrogen-bond acceptors (Lipinski definition) is 4. The first-order chi connectivity index (χ1) is 7.14. The number of halogens is 1. The smallest absolute Gasteiger partial charge is 0.361 e. The first kappa shape index (κ1) is 15.3. The van der Waals surface area contributed by atoms with Gasteiger partial charge in [-0.25, -0.2) is 0 Å². The molecule has 0 aliphatic heterocycles. The maximum atomic E-state index is 6.04. The molecule has 0 saturated carbocycles. The van der Waals surface area contributed by atoms with Crippen molar-refractivity contribution >= 4 is 20.6 Å². The predicted octanol–water partition coefficient (Wildman–Crippen LogP) is 2.10. The minimum Gasteiger partial charge on any atom is -0.361 e. The Bertz CT molecular complexity index is 145. The molecule has 0 saturated heterocycles. The van der Waals surface area contributed by atoms with Gasteiger partial charge < -0.3 is 13.3 Å². The van der Waals surface area contributed by atoms with Crippen molar-refractivity contribution < 1.29 is 13.3 Å². The Hall–Kier alpha value is 0.347. The molecule has 1 unspecified atom stereocenters. The van der Waals surface area contributed by atoms with Gasteiger partial charge in [0.1, 0.15) is 0 Å². The summed E-state index contributed by atoms with van der Waals surface area (Å²) in [6.07, 6.45) is 0.795. The highest BCUT2D eigenvalue weighted by atomic mass is 35.5. The van der Waals surface area contributed by atoms with Crippen molar-refractivity contribution in [2.45, 2.75) is 39.6 Å². The van der Waals surface area contributed by atoms with Crippen LogP contribution < -0.4 is 4.98 Å². The lowest BCUT2D eigenvalue weighted by molar-refractivity contribution is 0.0587. The Morgan fingerprint density at radius 3 is 1.67 bits per heavy atom. The van der Waals surface area contributed by atoms with Crippen molar-refractivity contribution in [3.8, 4) is 0 Å². The Morgan fingerprint density at radius 2 is 1.40 bits per heavy atom. The van der Waals surface area contributed by atoms with Gasteiger partial charge >= 0.3 is 8.97 Å². The lowest BCUT2D eigenvalue weighted by atomic mass is 10.5. The normalized spacial score (nSPS) is 14.2. The Balaban J connectivity index is 4.44. The van der Waals surface area contributed by atoms with E-state index in [0.29, 0.717) is 19.8 Å². The molecule has 0 rings (SSSR count). The van der Waals surface area contributed by atoms with Crippen molar-refractivity contribution in [1.82, 2.24) is 4.98 Å². The van der Waals surface area contributed by atoms with Crippen LogP contribution in [0.2, 0.25) is 0 Å². The van der Waals surface area contributed by atoms with Gasteiger partial charge in [-0.2, -0.15) is 0 Å². The Morgan fingerprint density at radius 1 is 1.00 bits per heavy atom. The molecule has 15 heavy (non-hydrogen) atoms. The summed E-state index contributed by atoms with van der Waals surface area (Å²) in [4.78, 5) is 3.12. The van der Waals surface area contributed by atoms with Crippen LogP contribution in [0.1, 0.15) is 34.1 Å². The molecule has 0 aromatic carbocycles. The van der Waals surface area contributed by atoms with E-state index in [2.05, 4.69) is 4.98 Å². The Kier molecular flexibility index (Phi) is 8.69. The third-order valence-corrected chi connectivity index (χ3v) is 5.00. The molecule has 4 nitrogen and oxygen atoms in total. The lowest BCUT2D eigenvalue weighted by Gasteiger charge is -2.29. The van der Waals surface area contributed by atoms with Gasteiger partial charge in [0.2, 0.25) is 0 Å². The molecule has 0 radical (unpaired) electrons.